The van der Waals surface area contributed by atoms with Crippen LogP contribution in [0.3, 0.4) is 0 Å². The van der Waals surface area contributed by atoms with Gasteiger partial charge in [0.1, 0.15) is 12.4 Å². The minimum atomic E-state index is -0.913. The van der Waals surface area contributed by atoms with Gasteiger partial charge in [0.05, 0.1) is 43.3 Å². The molecule has 148 valence electrons. The highest BCUT2D eigenvalue weighted by atomic mass is 16.5. The van der Waals surface area contributed by atoms with Gasteiger partial charge in [0.25, 0.3) is 0 Å². The fourth-order valence-corrected chi connectivity index (χ4v) is 3.73. The van der Waals surface area contributed by atoms with E-state index in [2.05, 4.69) is 25.9 Å². The number of hydrogen-bond acceptors (Lipinski definition) is 7. The SMILES string of the molecule is COc1ncc(N2CCc3ncnc(O[C@H]4CCN(C(=O)O)C4)c3C2)cc1C. The number of nitrogens with zero attached hydrogens (tertiary/aromatic N) is 5. The summed E-state index contributed by atoms with van der Waals surface area (Å²) in [6.45, 7) is 4.26. The predicted molar refractivity (Wildman–Crippen MR) is 101 cm³/mol. The molecule has 2 aliphatic heterocycles. The molecule has 9 heteroatoms. The van der Waals surface area contributed by atoms with Crippen molar-refractivity contribution in [1.29, 1.82) is 0 Å². The molecule has 0 aliphatic carbocycles. The van der Waals surface area contributed by atoms with Crippen LogP contribution < -0.4 is 14.4 Å². The van der Waals surface area contributed by atoms with Gasteiger partial charge >= 0.3 is 6.09 Å². The Labute approximate surface area is 162 Å². The minimum Gasteiger partial charge on any atom is -0.481 e. The fourth-order valence-electron chi connectivity index (χ4n) is 3.73. The molecule has 0 aromatic carbocycles. The van der Waals surface area contributed by atoms with Gasteiger partial charge in [0.15, 0.2) is 0 Å². The van der Waals surface area contributed by atoms with Gasteiger partial charge in [-0.15, -0.1) is 0 Å². The second-order valence-corrected chi connectivity index (χ2v) is 7.05. The molecule has 2 aliphatic rings. The molecule has 1 N–H and O–H groups in total. The largest absolute Gasteiger partial charge is 0.481 e. The summed E-state index contributed by atoms with van der Waals surface area (Å²) in [5.41, 5.74) is 3.92. The van der Waals surface area contributed by atoms with Crippen molar-refractivity contribution in [2.24, 2.45) is 0 Å². The molecular formula is C19H23N5O4. The van der Waals surface area contributed by atoms with E-state index in [1.165, 1.54) is 11.2 Å². The Kier molecular flexibility index (Phi) is 4.89. The second kappa shape index (κ2) is 7.49. The lowest BCUT2D eigenvalue weighted by Gasteiger charge is -2.31. The summed E-state index contributed by atoms with van der Waals surface area (Å²) < 4.78 is 11.3. The highest BCUT2D eigenvalue weighted by Gasteiger charge is 2.30. The van der Waals surface area contributed by atoms with Crippen LogP contribution in [0.15, 0.2) is 18.6 Å². The molecule has 1 amide bonds. The van der Waals surface area contributed by atoms with E-state index in [0.29, 0.717) is 37.8 Å². The van der Waals surface area contributed by atoms with Crippen LogP contribution in [0, 0.1) is 6.92 Å². The molecule has 1 atom stereocenters. The predicted octanol–water partition coefficient (Wildman–Crippen LogP) is 1.88. The van der Waals surface area contributed by atoms with E-state index in [-0.39, 0.29) is 6.10 Å². The molecule has 28 heavy (non-hydrogen) atoms. The Morgan fingerprint density at radius 2 is 2.11 bits per heavy atom. The molecule has 0 radical (unpaired) electrons. The lowest BCUT2D eigenvalue weighted by Crippen LogP contribution is -2.33. The maximum Gasteiger partial charge on any atom is 0.407 e. The van der Waals surface area contributed by atoms with Crippen molar-refractivity contribution in [3.8, 4) is 11.8 Å². The van der Waals surface area contributed by atoms with Crippen molar-refractivity contribution in [1.82, 2.24) is 19.9 Å². The molecule has 1 saturated heterocycles. The normalized spacial score (nSPS) is 18.7. The van der Waals surface area contributed by atoms with Crippen LogP contribution in [0.25, 0.3) is 0 Å². The number of likely N-dealkylation sites (tertiary alicyclic amines) is 1. The Hall–Kier alpha value is -3.10. The van der Waals surface area contributed by atoms with Gasteiger partial charge in [0, 0.05) is 31.5 Å². The zero-order chi connectivity index (χ0) is 19.7. The van der Waals surface area contributed by atoms with Gasteiger partial charge in [-0.3, -0.25) is 0 Å². The molecular weight excluding hydrogens is 362 g/mol. The summed E-state index contributed by atoms with van der Waals surface area (Å²) in [5, 5.41) is 9.13. The number of aromatic nitrogens is 3. The first-order chi connectivity index (χ1) is 13.5. The van der Waals surface area contributed by atoms with Gasteiger partial charge in [-0.05, 0) is 13.0 Å². The van der Waals surface area contributed by atoms with Crippen molar-refractivity contribution in [3.63, 3.8) is 0 Å². The Balaban J connectivity index is 1.53. The van der Waals surface area contributed by atoms with Crippen molar-refractivity contribution >= 4 is 11.8 Å². The maximum atomic E-state index is 11.1. The van der Waals surface area contributed by atoms with Crippen LogP contribution in [0.1, 0.15) is 23.2 Å². The van der Waals surface area contributed by atoms with Gasteiger partial charge in [-0.1, -0.05) is 0 Å². The number of amides is 1. The molecule has 4 rings (SSSR count). The number of carboxylic acid groups (broad SMARTS) is 1. The van der Waals surface area contributed by atoms with E-state index < -0.39 is 6.09 Å². The molecule has 2 aromatic heterocycles. The van der Waals surface area contributed by atoms with Crippen molar-refractivity contribution in [3.05, 3.63) is 35.4 Å². The van der Waals surface area contributed by atoms with Crippen molar-refractivity contribution in [2.45, 2.75) is 32.4 Å². The van der Waals surface area contributed by atoms with E-state index in [0.717, 1.165) is 35.5 Å². The Morgan fingerprint density at radius 3 is 2.82 bits per heavy atom. The molecule has 0 saturated carbocycles. The van der Waals surface area contributed by atoms with Gasteiger partial charge in [-0.2, -0.15) is 0 Å². The first-order valence-electron chi connectivity index (χ1n) is 9.28. The molecule has 4 heterocycles. The van der Waals surface area contributed by atoms with E-state index in [4.69, 9.17) is 14.6 Å². The van der Waals surface area contributed by atoms with Gasteiger partial charge < -0.3 is 24.4 Å². The number of methoxy groups -OCH3 is 1. The first kappa shape index (κ1) is 18.3. The number of hydrogen-bond donors (Lipinski definition) is 1. The van der Waals surface area contributed by atoms with E-state index in [1.807, 2.05) is 13.1 Å². The summed E-state index contributed by atoms with van der Waals surface area (Å²) in [5.74, 6) is 1.17. The Bertz CT molecular complexity index is 891. The first-order valence-corrected chi connectivity index (χ1v) is 9.28. The molecule has 2 aromatic rings. The number of ether oxygens (including phenoxy) is 2. The summed E-state index contributed by atoms with van der Waals surface area (Å²) in [4.78, 5) is 27.8. The molecule has 9 nitrogen and oxygen atoms in total. The van der Waals surface area contributed by atoms with Gasteiger partial charge in [0.2, 0.25) is 11.8 Å². The minimum absolute atomic E-state index is 0.185. The molecule has 0 spiro atoms. The van der Waals surface area contributed by atoms with Gasteiger partial charge in [-0.25, -0.2) is 19.7 Å². The van der Waals surface area contributed by atoms with Crippen LogP contribution in [-0.2, 0) is 13.0 Å². The van der Waals surface area contributed by atoms with E-state index in [9.17, 15) is 4.79 Å². The van der Waals surface area contributed by atoms with Crippen molar-refractivity contribution < 1.29 is 19.4 Å². The molecule has 0 unspecified atom stereocenters. The third-order valence-corrected chi connectivity index (χ3v) is 5.23. The quantitative estimate of drug-likeness (QED) is 0.851. The summed E-state index contributed by atoms with van der Waals surface area (Å²) in [7, 11) is 1.61. The average molecular weight is 385 g/mol. The van der Waals surface area contributed by atoms with Crippen LogP contribution in [-0.4, -0.2) is 63.9 Å². The fraction of sp³-hybridized carbons (Fsp3) is 0.474. The van der Waals surface area contributed by atoms with Crippen LogP contribution in [0.4, 0.5) is 10.5 Å². The Morgan fingerprint density at radius 1 is 1.25 bits per heavy atom. The van der Waals surface area contributed by atoms with E-state index in [1.54, 1.807) is 7.11 Å². The lowest BCUT2D eigenvalue weighted by atomic mass is 10.1. The smallest absolute Gasteiger partial charge is 0.407 e. The summed E-state index contributed by atoms with van der Waals surface area (Å²) in [6, 6.07) is 2.06. The zero-order valence-electron chi connectivity index (χ0n) is 16.0. The topological polar surface area (TPSA) is 101 Å². The van der Waals surface area contributed by atoms with E-state index >= 15 is 0 Å². The van der Waals surface area contributed by atoms with Crippen LogP contribution in [0.2, 0.25) is 0 Å². The number of rotatable bonds is 4. The number of pyridine rings is 1. The second-order valence-electron chi connectivity index (χ2n) is 7.05. The van der Waals surface area contributed by atoms with Crippen LogP contribution >= 0.6 is 0 Å². The van der Waals surface area contributed by atoms with Crippen molar-refractivity contribution in [2.75, 3.05) is 31.6 Å². The zero-order valence-corrected chi connectivity index (χ0v) is 16.0. The average Bonchev–Trinajstić information content (AvgIpc) is 3.17. The highest BCUT2D eigenvalue weighted by Crippen LogP contribution is 2.30. The lowest BCUT2D eigenvalue weighted by molar-refractivity contribution is 0.144. The third kappa shape index (κ3) is 3.51. The summed E-state index contributed by atoms with van der Waals surface area (Å²) in [6.07, 6.45) is 3.68. The number of anilines is 1. The molecule has 0 bridgehead atoms. The third-order valence-electron chi connectivity index (χ3n) is 5.23. The number of carbonyl (C=O) groups is 1. The standard InChI is InChI=1S/C19H23N5O4/c1-12-7-13(8-20-17(12)27-2)23-6-4-16-15(10-23)18(22-11-21-16)28-14-3-5-24(9-14)19(25)26/h7-8,11,14H,3-6,9-10H2,1-2H3,(H,25,26)/t14-/m0/s1. The monoisotopic (exact) mass is 385 g/mol. The number of aryl methyl sites for hydroxylation is 1. The molecule has 1 fully saturated rings. The maximum absolute atomic E-state index is 11.1. The van der Waals surface area contributed by atoms with Crippen LogP contribution in [0.5, 0.6) is 11.8 Å². The number of fused-ring (bicyclic) bond motifs is 1. The highest BCUT2D eigenvalue weighted by molar-refractivity contribution is 5.65. The summed E-state index contributed by atoms with van der Waals surface area (Å²) >= 11 is 0.